The van der Waals surface area contributed by atoms with Crippen molar-refractivity contribution in [3.63, 3.8) is 0 Å². The lowest BCUT2D eigenvalue weighted by molar-refractivity contribution is 0.0696. The van der Waals surface area contributed by atoms with E-state index in [1.54, 1.807) is 4.90 Å². The summed E-state index contributed by atoms with van der Waals surface area (Å²) in [5.74, 6) is -0.535. The number of rotatable bonds is 4. The molecule has 0 atom stereocenters. The van der Waals surface area contributed by atoms with E-state index >= 15 is 0 Å². The third kappa shape index (κ3) is 3.05. The molecule has 0 aliphatic rings. The number of anilines is 1. The predicted molar refractivity (Wildman–Crippen MR) is 57.1 cm³/mol. The zero-order chi connectivity index (χ0) is 11.4. The lowest BCUT2D eigenvalue weighted by Gasteiger charge is -2.16. The fraction of sp³-hybridized carbons (Fsp3) is 0.300. The molecule has 1 aromatic heterocycles. The quantitative estimate of drug-likeness (QED) is 0.751. The Morgan fingerprint density at radius 2 is 2.07 bits per heavy atom. The van der Waals surface area contributed by atoms with Crippen molar-refractivity contribution in [3.05, 3.63) is 30.1 Å². The SMILES string of the molecule is C=C(C)CN(C)c1ncc(C(=O)O)cn1. The van der Waals surface area contributed by atoms with Gasteiger partial charge in [0.05, 0.1) is 5.56 Å². The van der Waals surface area contributed by atoms with Gasteiger partial charge in [-0.3, -0.25) is 0 Å². The lowest BCUT2D eigenvalue weighted by atomic mass is 10.3. The number of likely N-dealkylation sites (N-methyl/N-ethyl adjacent to an activating group) is 1. The zero-order valence-electron chi connectivity index (χ0n) is 8.77. The van der Waals surface area contributed by atoms with Crippen LogP contribution in [0.3, 0.4) is 0 Å². The summed E-state index contributed by atoms with van der Waals surface area (Å²) in [6.07, 6.45) is 2.58. The van der Waals surface area contributed by atoms with Crippen LogP contribution < -0.4 is 4.90 Å². The number of aromatic carboxylic acids is 1. The molecule has 0 fully saturated rings. The van der Waals surface area contributed by atoms with Gasteiger partial charge in [0.2, 0.25) is 5.95 Å². The number of carbonyl (C=O) groups is 1. The Labute approximate surface area is 88.1 Å². The van der Waals surface area contributed by atoms with Crippen LogP contribution in [0.5, 0.6) is 0 Å². The number of hydrogen-bond acceptors (Lipinski definition) is 4. The molecule has 0 amide bonds. The molecule has 0 saturated heterocycles. The van der Waals surface area contributed by atoms with Crippen molar-refractivity contribution in [1.82, 2.24) is 9.97 Å². The van der Waals surface area contributed by atoms with Gasteiger partial charge in [-0.25, -0.2) is 14.8 Å². The summed E-state index contributed by atoms with van der Waals surface area (Å²) >= 11 is 0. The molecule has 1 rings (SSSR count). The van der Waals surface area contributed by atoms with E-state index in [1.165, 1.54) is 12.4 Å². The Balaban J connectivity index is 2.79. The maximum absolute atomic E-state index is 10.6. The van der Waals surface area contributed by atoms with Crippen LogP contribution in [0.1, 0.15) is 17.3 Å². The van der Waals surface area contributed by atoms with Crippen molar-refractivity contribution < 1.29 is 9.90 Å². The molecule has 0 unspecified atom stereocenters. The van der Waals surface area contributed by atoms with E-state index in [0.29, 0.717) is 12.5 Å². The second kappa shape index (κ2) is 4.54. The Kier molecular flexibility index (Phi) is 3.38. The van der Waals surface area contributed by atoms with Gasteiger partial charge in [0.25, 0.3) is 0 Å². The van der Waals surface area contributed by atoms with Crippen LogP contribution in [0.25, 0.3) is 0 Å². The van der Waals surface area contributed by atoms with Gasteiger partial charge in [-0.2, -0.15) is 0 Å². The van der Waals surface area contributed by atoms with Crippen molar-refractivity contribution in [2.45, 2.75) is 6.92 Å². The van der Waals surface area contributed by atoms with Crippen LogP contribution in [0.4, 0.5) is 5.95 Å². The van der Waals surface area contributed by atoms with E-state index in [1.807, 2.05) is 14.0 Å². The van der Waals surface area contributed by atoms with Crippen LogP contribution in [0, 0.1) is 0 Å². The predicted octanol–water partition coefficient (Wildman–Crippen LogP) is 1.19. The molecule has 0 aliphatic heterocycles. The monoisotopic (exact) mass is 207 g/mol. The fourth-order valence-corrected chi connectivity index (χ4v) is 1.10. The van der Waals surface area contributed by atoms with Crippen molar-refractivity contribution >= 4 is 11.9 Å². The number of carboxylic acids is 1. The highest BCUT2D eigenvalue weighted by Crippen LogP contribution is 2.06. The first-order valence-electron chi connectivity index (χ1n) is 4.41. The largest absolute Gasteiger partial charge is 0.478 e. The average Bonchev–Trinajstić information content (AvgIpc) is 2.17. The molecule has 80 valence electrons. The Morgan fingerprint density at radius 3 is 2.47 bits per heavy atom. The number of carboxylic acid groups (broad SMARTS) is 1. The smallest absolute Gasteiger partial charge is 0.338 e. The third-order valence-corrected chi connectivity index (χ3v) is 1.73. The first-order chi connectivity index (χ1) is 7.00. The highest BCUT2D eigenvalue weighted by molar-refractivity contribution is 5.86. The molecule has 1 heterocycles. The van der Waals surface area contributed by atoms with Gasteiger partial charge in [-0.15, -0.1) is 0 Å². The molecule has 0 aromatic carbocycles. The summed E-state index contributed by atoms with van der Waals surface area (Å²) in [5.41, 5.74) is 1.07. The first-order valence-corrected chi connectivity index (χ1v) is 4.41. The van der Waals surface area contributed by atoms with Gasteiger partial charge >= 0.3 is 5.97 Å². The van der Waals surface area contributed by atoms with Crippen LogP contribution >= 0.6 is 0 Å². The van der Waals surface area contributed by atoms with E-state index in [9.17, 15) is 4.79 Å². The minimum Gasteiger partial charge on any atom is -0.478 e. The molecule has 5 nitrogen and oxygen atoms in total. The van der Waals surface area contributed by atoms with Crippen molar-refractivity contribution in [2.24, 2.45) is 0 Å². The normalized spacial score (nSPS) is 9.73. The van der Waals surface area contributed by atoms with Crippen molar-refractivity contribution in [3.8, 4) is 0 Å². The molecule has 0 spiro atoms. The van der Waals surface area contributed by atoms with Gasteiger partial charge in [-0.1, -0.05) is 12.2 Å². The highest BCUT2D eigenvalue weighted by atomic mass is 16.4. The summed E-state index contributed by atoms with van der Waals surface area (Å²) < 4.78 is 0. The number of nitrogens with zero attached hydrogens (tertiary/aromatic N) is 3. The minimum absolute atomic E-state index is 0.0856. The average molecular weight is 207 g/mol. The lowest BCUT2D eigenvalue weighted by Crippen LogP contribution is -2.21. The van der Waals surface area contributed by atoms with Gasteiger partial charge in [0, 0.05) is 26.0 Å². The van der Waals surface area contributed by atoms with Gasteiger partial charge in [0.1, 0.15) is 0 Å². The second-order valence-corrected chi connectivity index (χ2v) is 3.39. The maximum Gasteiger partial charge on any atom is 0.338 e. The molecule has 15 heavy (non-hydrogen) atoms. The highest BCUT2D eigenvalue weighted by Gasteiger charge is 2.07. The first kappa shape index (κ1) is 11.2. The Morgan fingerprint density at radius 1 is 1.53 bits per heavy atom. The van der Waals surface area contributed by atoms with E-state index in [-0.39, 0.29) is 5.56 Å². The van der Waals surface area contributed by atoms with Crippen molar-refractivity contribution in [1.29, 1.82) is 0 Å². The van der Waals surface area contributed by atoms with Gasteiger partial charge in [0.15, 0.2) is 0 Å². The third-order valence-electron chi connectivity index (χ3n) is 1.73. The number of hydrogen-bond donors (Lipinski definition) is 1. The molecular formula is C10H13N3O2. The molecule has 5 heteroatoms. The van der Waals surface area contributed by atoms with Crippen LogP contribution in [-0.4, -0.2) is 34.6 Å². The summed E-state index contributed by atoms with van der Waals surface area (Å²) in [6.45, 7) is 6.33. The molecule has 0 radical (unpaired) electrons. The van der Waals surface area contributed by atoms with E-state index in [2.05, 4.69) is 16.5 Å². The molecular weight excluding hydrogens is 194 g/mol. The van der Waals surface area contributed by atoms with Crippen LogP contribution in [0.2, 0.25) is 0 Å². The molecule has 0 bridgehead atoms. The Bertz CT molecular complexity index is 373. The standard InChI is InChI=1S/C10H13N3O2/c1-7(2)6-13(3)10-11-4-8(5-12-10)9(14)15/h4-5H,1,6H2,2-3H3,(H,14,15). The maximum atomic E-state index is 10.6. The summed E-state index contributed by atoms with van der Waals surface area (Å²) in [5, 5.41) is 8.65. The zero-order valence-corrected chi connectivity index (χ0v) is 8.77. The van der Waals surface area contributed by atoms with E-state index in [4.69, 9.17) is 5.11 Å². The topological polar surface area (TPSA) is 66.3 Å². The summed E-state index contributed by atoms with van der Waals surface area (Å²) in [7, 11) is 1.82. The van der Waals surface area contributed by atoms with Crippen LogP contribution in [-0.2, 0) is 0 Å². The Hall–Kier alpha value is -1.91. The summed E-state index contributed by atoms with van der Waals surface area (Å²) in [4.78, 5) is 20.2. The van der Waals surface area contributed by atoms with Crippen LogP contribution in [0.15, 0.2) is 24.5 Å². The molecule has 0 aliphatic carbocycles. The second-order valence-electron chi connectivity index (χ2n) is 3.39. The van der Waals surface area contributed by atoms with Crippen molar-refractivity contribution in [2.75, 3.05) is 18.5 Å². The van der Waals surface area contributed by atoms with Gasteiger partial charge in [-0.05, 0) is 6.92 Å². The minimum atomic E-state index is -1.02. The fourth-order valence-electron chi connectivity index (χ4n) is 1.10. The van der Waals surface area contributed by atoms with E-state index in [0.717, 1.165) is 5.57 Å². The number of aromatic nitrogens is 2. The molecule has 1 aromatic rings. The van der Waals surface area contributed by atoms with Gasteiger partial charge < -0.3 is 10.0 Å². The molecule has 1 N–H and O–H groups in total. The van der Waals surface area contributed by atoms with E-state index < -0.39 is 5.97 Å². The summed E-state index contributed by atoms with van der Waals surface area (Å²) in [6, 6.07) is 0. The molecule has 0 saturated carbocycles.